The van der Waals surface area contributed by atoms with Crippen molar-refractivity contribution in [3.63, 3.8) is 0 Å². The highest BCUT2D eigenvalue weighted by Crippen LogP contribution is 2.25. The van der Waals surface area contributed by atoms with Crippen molar-refractivity contribution in [2.75, 3.05) is 14.2 Å². The number of ether oxygens (including phenoxy) is 2. The molecule has 0 fully saturated rings. The van der Waals surface area contributed by atoms with Gasteiger partial charge < -0.3 is 19.2 Å². The van der Waals surface area contributed by atoms with Crippen molar-refractivity contribution in [3.05, 3.63) is 65.5 Å². The number of nitrogens with zero attached hydrogens (tertiary/aromatic N) is 1. The molecule has 0 spiro atoms. The Morgan fingerprint density at radius 3 is 2.59 bits per heavy atom. The van der Waals surface area contributed by atoms with Gasteiger partial charge in [-0.3, -0.25) is 4.79 Å². The zero-order chi connectivity index (χ0) is 19.2. The number of carbonyl (C=O) groups is 1. The number of carbonyl (C=O) groups excluding carboxylic acids is 1. The van der Waals surface area contributed by atoms with E-state index in [0.29, 0.717) is 35.4 Å². The predicted octanol–water partition coefficient (Wildman–Crippen LogP) is 3.53. The van der Waals surface area contributed by atoms with Gasteiger partial charge in [-0.25, -0.2) is 4.98 Å². The minimum absolute atomic E-state index is 0.135. The molecule has 1 heterocycles. The van der Waals surface area contributed by atoms with Crippen molar-refractivity contribution in [1.82, 2.24) is 10.3 Å². The summed E-state index contributed by atoms with van der Waals surface area (Å²) in [6.07, 6.45) is 0.153. The minimum Gasteiger partial charge on any atom is -0.497 e. The lowest BCUT2D eigenvalue weighted by Gasteiger charge is -2.11. The second-order valence-electron chi connectivity index (χ2n) is 6.02. The number of hydrogen-bond donors (Lipinski definition) is 1. The van der Waals surface area contributed by atoms with Gasteiger partial charge in [0.15, 0.2) is 0 Å². The first-order chi connectivity index (χ1) is 13.1. The molecule has 0 aliphatic carbocycles. The van der Waals surface area contributed by atoms with E-state index in [-0.39, 0.29) is 12.3 Å². The van der Waals surface area contributed by atoms with Gasteiger partial charge in [-0.15, -0.1) is 0 Å². The van der Waals surface area contributed by atoms with E-state index in [2.05, 4.69) is 10.3 Å². The maximum atomic E-state index is 12.3. The summed E-state index contributed by atoms with van der Waals surface area (Å²) in [5.74, 6) is 2.40. The van der Waals surface area contributed by atoms with Gasteiger partial charge in [0.2, 0.25) is 11.8 Å². The molecule has 2 aromatic carbocycles. The van der Waals surface area contributed by atoms with Crippen LogP contribution in [0.1, 0.15) is 17.0 Å². The number of benzene rings is 2. The van der Waals surface area contributed by atoms with Gasteiger partial charge in [-0.2, -0.15) is 0 Å². The fourth-order valence-corrected chi connectivity index (χ4v) is 2.70. The summed E-state index contributed by atoms with van der Waals surface area (Å²) < 4.78 is 16.2. The Labute approximate surface area is 158 Å². The molecule has 0 unspecified atom stereocenters. The first-order valence-electron chi connectivity index (χ1n) is 8.60. The molecule has 3 aromatic rings. The van der Waals surface area contributed by atoms with Crippen LogP contribution in [-0.2, 0) is 17.8 Å². The summed E-state index contributed by atoms with van der Waals surface area (Å²) in [4.78, 5) is 16.8. The number of amides is 1. The molecule has 27 heavy (non-hydrogen) atoms. The maximum absolute atomic E-state index is 12.3. The van der Waals surface area contributed by atoms with E-state index >= 15 is 0 Å². The second-order valence-corrected chi connectivity index (χ2v) is 6.02. The van der Waals surface area contributed by atoms with E-state index in [1.807, 2.05) is 49.4 Å². The van der Waals surface area contributed by atoms with Crippen LogP contribution in [0.2, 0.25) is 0 Å². The minimum atomic E-state index is -0.135. The quantitative estimate of drug-likeness (QED) is 0.692. The van der Waals surface area contributed by atoms with E-state index in [1.54, 1.807) is 20.3 Å². The molecular formula is C21H22N2O4. The van der Waals surface area contributed by atoms with E-state index in [0.717, 1.165) is 11.1 Å². The Kier molecular flexibility index (Phi) is 5.76. The fourth-order valence-electron chi connectivity index (χ4n) is 2.70. The Hall–Kier alpha value is -3.28. The van der Waals surface area contributed by atoms with Crippen LogP contribution in [0.25, 0.3) is 11.5 Å². The number of aromatic nitrogens is 1. The largest absolute Gasteiger partial charge is 0.497 e. The number of aryl methyl sites for hydroxylation is 1. The predicted molar refractivity (Wildman–Crippen MR) is 102 cm³/mol. The Bertz CT molecular complexity index is 919. The topological polar surface area (TPSA) is 73.6 Å². The van der Waals surface area contributed by atoms with Gasteiger partial charge in [0.25, 0.3) is 0 Å². The van der Waals surface area contributed by atoms with Gasteiger partial charge in [-0.05, 0) is 31.2 Å². The maximum Gasteiger partial charge on any atom is 0.226 e. The van der Waals surface area contributed by atoms with Crippen LogP contribution in [0.3, 0.4) is 0 Å². The molecule has 0 aliphatic heterocycles. The van der Waals surface area contributed by atoms with Gasteiger partial charge in [0.05, 0.1) is 26.3 Å². The highest BCUT2D eigenvalue weighted by atomic mass is 16.5. The third-order valence-electron chi connectivity index (χ3n) is 4.21. The average molecular weight is 366 g/mol. The molecule has 6 heteroatoms. The van der Waals surface area contributed by atoms with Crippen LogP contribution < -0.4 is 14.8 Å². The lowest BCUT2D eigenvalue weighted by atomic mass is 10.2. The second kappa shape index (κ2) is 8.40. The molecule has 0 saturated carbocycles. The summed E-state index contributed by atoms with van der Waals surface area (Å²) in [6.45, 7) is 2.17. The van der Waals surface area contributed by atoms with Crippen molar-refractivity contribution >= 4 is 5.91 Å². The smallest absolute Gasteiger partial charge is 0.226 e. The Balaban J connectivity index is 1.64. The summed E-state index contributed by atoms with van der Waals surface area (Å²) >= 11 is 0. The molecule has 0 atom stereocenters. The van der Waals surface area contributed by atoms with E-state index in [9.17, 15) is 4.79 Å². The first-order valence-corrected chi connectivity index (χ1v) is 8.60. The summed E-state index contributed by atoms with van der Waals surface area (Å²) in [7, 11) is 3.18. The molecule has 1 aromatic heterocycles. The van der Waals surface area contributed by atoms with Gasteiger partial charge in [-0.1, -0.05) is 18.2 Å². The van der Waals surface area contributed by atoms with Crippen molar-refractivity contribution in [1.29, 1.82) is 0 Å². The van der Waals surface area contributed by atoms with Gasteiger partial charge in [0, 0.05) is 23.7 Å². The number of nitrogens with one attached hydrogen (secondary N) is 1. The Morgan fingerprint density at radius 1 is 1.11 bits per heavy atom. The first kappa shape index (κ1) is 18.5. The number of hydrogen-bond acceptors (Lipinski definition) is 5. The van der Waals surface area contributed by atoms with Crippen LogP contribution >= 0.6 is 0 Å². The summed E-state index contributed by atoms with van der Waals surface area (Å²) in [5.41, 5.74) is 2.39. The zero-order valence-corrected chi connectivity index (χ0v) is 15.6. The van der Waals surface area contributed by atoms with Crippen LogP contribution in [0, 0.1) is 6.92 Å². The van der Waals surface area contributed by atoms with Gasteiger partial charge in [0.1, 0.15) is 17.3 Å². The lowest BCUT2D eigenvalue weighted by molar-refractivity contribution is -0.120. The summed E-state index contributed by atoms with van der Waals surface area (Å²) in [5, 5.41) is 2.89. The molecule has 1 N–H and O–H groups in total. The molecular weight excluding hydrogens is 344 g/mol. The van der Waals surface area contributed by atoms with Crippen molar-refractivity contribution in [3.8, 4) is 23.0 Å². The van der Waals surface area contributed by atoms with Crippen LogP contribution in [-0.4, -0.2) is 25.1 Å². The molecule has 0 saturated heterocycles. The highest BCUT2D eigenvalue weighted by molar-refractivity contribution is 5.78. The standard InChI is InChI=1S/C21H22N2O4/c1-14-18(23-21(27-14)15-7-5-4-6-8-15)12-20(24)22-13-16-9-10-17(25-2)11-19(16)26-3/h4-11H,12-13H2,1-3H3,(H,22,24). The van der Waals surface area contributed by atoms with Crippen molar-refractivity contribution in [2.45, 2.75) is 19.9 Å². The molecule has 140 valence electrons. The monoisotopic (exact) mass is 366 g/mol. The molecule has 0 bridgehead atoms. The number of oxazole rings is 1. The SMILES string of the molecule is COc1ccc(CNC(=O)Cc2nc(-c3ccccc3)oc2C)c(OC)c1. The third-order valence-corrected chi connectivity index (χ3v) is 4.21. The normalized spacial score (nSPS) is 10.5. The van der Waals surface area contributed by atoms with Crippen molar-refractivity contribution < 1.29 is 18.7 Å². The van der Waals surface area contributed by atoms with E-state index in [4.69, 9.17) is 13.9 Å². The zero-order valence-electron chi connectivity index (χ0n) is 15.6. The van der Waals surface area contributed by atoms with Crippen LogP contribution in [0.15, 0.2) is 52.9 Å². The van der Waals surface area contributed by atoms with Crippen molar-refractivity contribution in [2.24, 2.45) is 0 Å². The third kappa shape index (κ3) is 4.47. The number of rotatable bonds is 7. The Morgan fingerprint density at radius 2 is 1.89 bits per heavy atom. The van der Waals surface area contributed by atoms with E-state index < -0.39 is 0 Å². The van der Waals surface area contributed by atoms with Crippen LogP contribution in [0.5, 0.6) is 11.5 Å². The molecule has 1 amide bonds. The number of methoxy groups -OCH3 is 2. The molecule has 3 rings (SSSR count). The van der Waals surface area contributed by atoms with Gasteiger partial charge >= 0.3 is 0 Å². The highest BCUT2D eigenvalue weighted by Gasteiger charge is 2.15. The fraction of sp³-hybridized carbons (Fsp3) is 0.238. The molecule has 6 nitrogen and oxygen atoms in total. The summed E-state index contributed by atoms with van der Waals surface area (Å²) in [6, 6.07) is 15.1. The average Bonchev–Trinajstić information content (AvgIpc) is 3.07. The molecule has 0 aliphatic rings. The molecule has 0 radical (unpaired) electrons. The lowest BCUT2D eigenvalue weighted by Crippen LogP contribution is -2.25. The van der Waals surface area contributed by atoms with Crippen LogP contribution in [0.4, 0.5) is 0 Å². The van der Waals surface area contributed by atoms with E-state index in [1.165, 1.54) is 0 Å².